The average Bonchev–Trinajstić information content (AvgIpc) is 2.75. The van der Waals surface area contributed by atoms with Crippen LogP contribution < -0.4 is 5.32 Å². The number of halogens is 4. The Morgan fingerprint density at radius 2 is 2.12 bits per heavy atom. The van der Waals surface area contributed by atoms with Gasteiger partial charge in [0, 0.05) is 30.5 Å². The first-order valence-corrected chi connectivity index (χ1v) is 10.0. The van der Waals surface area contributed by atoms with Crippen LogP contribution in [0.5, 0.6) is 0 Å². The molecule has 1 aromatic heterocycles. The number of urea groups is 1. The molecular formula is C21H20ClF3N4O3. The second-order valence-electron chi connectivity index (χ2n) is 7.29. The van der Waals surface area contributed by atoms with Crippen LogP contribution in [0, 0.1) is 11.8 Å². The molecule has 0 bridgehead atoms. The number of aliphatic hydroxyl groups excluding tert-OH is 1. The van der Waals surface area contributed by atoms with Crippen molar-refractivity contribution < 1.29 is 23.1 Å². The van der Waals surface area contributed by atoms with Crippen molar-refractivity contribution >= 4 is 28.9 Å². The minimum atomic E-state index is -4.51. The van der Waals surface area contributed by atoms with Crippen LogP contribution in [0.15, 0.2) is 41.7 Å². The maximum Gasteiger partial charge on any atom is 0.416 e. The fourth-order valence-electron chi connectivity index (χ4n) is 3.35. The quantitative estimate of drug-likeness (QED) is 0.591. The molecule has 0 radical (unpaired) electrons. The van der Waals surface area contributed by atoms with E-state index < -0.39 is 30.4 Å². The molecule has 1 aliphatic heterocycles. The number of aromatic nitrogens is 1. The van der Waals surface area contributed by atoms with Crippen LogP contribution in [0.2, 0.25) is 5.02 Å². The number of alkyl halides is 3. The molecule has 3 rings (SSSR count). The lowest BCUT2D eigenvalue weighted by atomic mass is 10.0. The van der Waals surface area contributed by atoms with Crippen molar-refractivity contribution in [3.8, 4) is 0 Å². The van der Waals surface area contributed by atoms with Crippen LogP contribution in [0.4, 0.5) is 23.7 Å². The van der Waals surface area contributed by atoms with Gasteiger partial charge in [0.05, 0.1) is 22.9 Å². The predicted octanol–water partition coefficient (Wildman–Crippen LogP) is 5.18. The molecule has 7 nitrogen and oxygen atoms in total. The predicted molar refractivity (Wildman–Crippen MR) is 114 cm³/mol. The Balaban J connectivity index is 1.69. The molecule has 0 unspecified atom stereocenters. The Hall–Kier alpha value is -2.98. The summed E-state index contributed by atoms with van der Waals surface area (Å²) in [7, 11) is 0. The van der Waals surface area contributed by atoms with E-state index in [9.17, 15) is 22.9 Å². The van der Waals surface area contributed by atoms with Gasteiger partial charge in [-0.3, -0.25) is 4.98 Å². The number of pyridine rings is 1. The number of nitrogens with zero attached hydrogens (tertiary/aromatic N) is 3. The van der Waals surface area contributed by atoms with E-state index >= 15 is 0 Å². The number of anilines is 1. The molecule has 32 heavy (non-hydrogen) atoms. The number of nitroso groups, excluding NO2 is 1. The summed E-state index contributed by atoms with van der Waals surface area (Å²) in [6.07, 6.45) is -0.904. The van der Waals surface area contributed by atoms with Gasteiger partial charge in [0.15, 0.2) is 0 Å². The van der Waals surface area contributed by atoms with Gasteiger partial charge in [-0.05, 0) is 42.7 Å². The molecule has 0 saturated carbocycles. The van der Waals surface area contributed by atoms with Crippen LogP contribution in [0.1, 0.15) is 34.8 Å². The summed E-state index contributed by atoms with van der Waals surface area (Å²) in [6.45, 7) is 1.42. The van der Waals surface area contributed by atoms with E-state index in [1.165, 1.54) is 36.2 Å². The molecule has 2 amide bonds. The van der Waals surface area contributed by atoms with Crippen LogP contribution in [0.3, 0.4) is 0 Å². The van der Waals surface area contributed by atoms with Crippen LogP contribution in [0.25, 0.3) is 5.57 Å². The number of nitrogens with one attached hydrogen (secondary N) is 1. The zero-order valence-electron chi connectivity index (χ0n) is 17.0. The minimum absolute atomic E-state index is 0.0604. The van der Waals surface area contributed by atoms with E-state index in [1.807, 2.05) is 0 Å². The van der Waals surface area contributed by atoms with Gasteiger partial charge < -0.3 is 15.3 Å². The fraction of sp³-hybridized carbons (Fsp3) is 0.333. The lowest BCUT2D eigenvalue weighted by Crippen LogP contribution is -2.38. The van der Waals surface area contributed by atoms with Crippen molar-refractivity contribution in [3.05, 3.63) is 68.9 Å². The summed E-state index contributed by atoms with van der Waals surface area (Å²) >= 11 is 6.28. The number of aryl methyl sites for hydroxylation is 1. The van der Waals surface area contributed by atoms with Gasteiger partial charge in [0.1, 0.15) is 6.04 Å². The molecule has 0 fully saturated rings. The largest absolute Gasteiger partial charge is 0.416 e. The van der Waals surface area contributed by atoms with Gasteiger partial charge in [-0.15, -0.1) is 0 Å². The second-order valence-corrected chi connectivity index (χ2v) is 7.69. The lowest BCUT2D eigenvalue weighted by Gasteiger charge is -2.27. The molecule has 2 heterocycles. The standard InChI is InChI=1S/C21H20ClF3N4O3/c1-12-2-3-15(9-16(12)21(23,24)25)27-20(31)29-6-4-13(5-7-29)19-17(22)8-14(10-26-19)18(11-30)28-32/h2-4,8-10,18,30H,5-7,11H2,1H3,(H,27,31)/t18-/m1/s1. The highest BCUT2D eigenvalue weighted by Gasteiger charge is 2.32. The molecule has 0 spiro atoms. The zero-order chi connectivity index (χ0) is 23.5. The topological polar surface area (TPSA) is 94.9 Å². The smallest absolute Gasteiger partial charge is 0.394 e. The third-order valence-corrected chi connectivity index (χ3v) is 5.43. The van der Waals surface area contributed by atoms with Gasteiger partial charge in [-0.2, -0.15) is 18.1 Å². The summed E-state index contributed by atoms with van der Waals surface area (Å²) < 4.78 is 39.3. The molecule has 11 heteroatoms. The molecule has 0 aliphatic carbocycles. The van der Waals surface area contributed by atoms with E-state index in [2.05, 4.69) is 15.5 Å². The third kappa shape index (κ3) is 5.25. The first-order valence-electron chi connectivity index (χ1n) is 9.66. The lowest BCUT2D eigenvalue weighted by molar-refractivity contribution is -0.138. The Morgan fingerprint density at radius 3 is 2.69 bits per heavy atom. The first-order chi connectivity index (χ1) is 15.1. The van der Waals surface area contributed by atoms with Gasteiger partial charge in [0.25, 0.3) is 0 Å². The van der Waals surface area contributed by atoms with Gasteiger partial charge >= 0.3 is 12.2 Å². The number of carbonyl (C=O) groups excluding carboxylic acids is 1. The molecule has 1 atom stereocenters. The van der Waals surface area contributed by atoms with Crippen molar-refractivity contribution in [3.63, 3.8) is 0 Å². The number of carbonyl (C=O) groups is 1. The monoisotopic (exact) mass is 468 g/mol. The zero-order valence-corrected chi connectivity index (χ0v) is 17.7. The third-order valence-electron chi connectivity index (χ3n) is 5.14. The highest BCUT2D eigenvalue weighted by molar-refractivity contribution is 6.32. The summed E-state index contributed by atoms with van der Waals surface area (Å²) in [5, 5.41) is 14.8. The van der Waals surface area contributed by atoms with Gasteiger partial charge in [-0.25, -0.2) is 4.79 Å². The van der Waals surface area contributed by atoms with Crippen LogP contribution in [-0.2, 0) is 6.18 Å². The Morgan fingerprint density at radius 1 is 1.38 bits per heavy atom. The molecule has 170 valence electrons. The number of hydrogen-bond donors (Lipinski definition) is 2. The van der Waals surface area contributed by atoms with E-state index in [4.69, 9.17) is 16.7 Å². The molecule has 2 aromatic rings. The fourth-order valence-corrected chi connectivity index (χ4v) is 3.64. The molecular weight excluding hydrogens is 449 g/mol. The van der Waals surface area contributed by atoms with E-state index in [-0.39, 0.29) is 22.8 Å². The number of hydrogen-bond acceptors (Lipinski definition) is 5. The van der Waals surface area contributed by atoms with E-state index in [0.717, 1.165) is 11.6 Å². The van der Waals surface area contributed by atoms with Crippen molar-refractivity contribution in [1.82, 2.24) is 9.88 Å². The molecule has 2 N–H and O–H groups in total. The van der Waals surface area contributed by atoms with E-state index in [0.29, 0.717) is 24.2 Å². The van der Waals surface area contributed by atoms with Crippen molar-refractivity contribution in [2.24, 2.45) is 5.18 Å². The Kier molecular flexibility index (Phi) is 7.15. The van der Waals surface area contributed by atoms with Gasteiger partial charge in [0.2, 0.25) is 0 Å². The number of rotatable bonds is 5. The molecule has 1 aliphatic rings. The normalized spacial score (nSPS) is 15.2. The van der Waals surface area contributed by atoms with Crippen molar-refractivity contribution in [1.29, 1.82) is 0 Å². The number of aliphatic hydroxyl groups is 1. The Labute approximate surface area is 186 Å². The van der Waals surface area contributed by atoms with Crippen LogP contribution >= 0.6 is 11.6 Å². The maximum atomic E-state index is 13.1. The second kappa shape index (κ2) is 9.66. The average molecular weight is 469 g/mol. The number of benzene rings is 1. The number of amides is 2. The van der Waals surface area contributed by atoms with Gasteiger partial charge in [-0.1, -0.05) is 28.9 Å². The highest BCUT2D eigenvalue weighted by atomic mass is 35.5. The highest BCUT2D eigenvalue weighted by Crippen LogP contribution is 2.34. The summed E-state index contributed by atoms with van der Waals surface area (Å²) in [5.74, 6) is 0. The van der Waals surface area contributed by atoms with Crippen LogP contribution in [-0.4, -0.2) is 40.7 Å². The summed E-state index contributed by atoms with van der Waals surface area (Å²) in [4.78, 5) is 29.0. The Bertz CT molecular complexity index is 1060. The summed E-state index contributed by atoms with van der Waals surface area (Å²) in [6, 6.07) is 3.69. The summed E-state index contributed by atoms with van der Waals surface area (Å²) in [5.41, 5.74) is 1.01. The SMILES string of the molecule is Cc1ccc(NC(=O)N2CC=C(c3ncc([C@@H](CO)N=O)cc3Cl)CC2)cc1C(F)(F)F. The van der Waals surface area contributed by atoms with E-state index in [1.54, 1.807) is 6.08 Å². The molecule has 0 saturated heterocycles. The molecule has 1 aromatic carbocycles. The first kappa shape index (κ1) is 23.7. The minimum Gasteiger partial charge on any atom is -0.394 e. The van der Waals surface area contributed by atoms with Crippen molar-refractivity contribution in [2.75, 3.05) is 25.0 Å². The maximum absolute atomic E-state index is 13.1. The van der Waals surface area contributed by atoms with Crippen molar-refractivity contribution in [2.45, 2.75) is 25.6 Å².